The van der Waals surface area contributed by atoms with Crippen molar-refractivity contribution in [3.05, 3.63) is 34.6 Å². The molecule has 1 saturated heterocycles. The van der Waals surface area contributed by atoms with Crippen molar-refractivity contribution < 1.29 is 9.53 Å². The molecule has 0 saturated carbocycles. The highest BCUT2D eigenvalue weighted by molar-refractivity contribution is 5.81. The Bertz CT molecular complexity index is 674. The van der Waals surface area contributed by atoms with E-state index in [-0.39, 0.29) is 23.8 Å². The number of ketones is 1. The van der Waals surface area contributed by atoms with Gasteiger partial charge in [-0.15, -0.1) is 5.10 Å². The third kappa shape index (κ3) is 2.26. The lowest BCUT2D eigenvalue weighted by atomic mass is 10.0. The van der Waals surface area contributed by atoms with Crippen molar-refractivity contribution in [1.29, 1.82) is 0 Å². The highest BCUT2D eigenvalue weighted by atomic mass is 16.5. The quantitative estimate of drug-likeness (QED) is 0.797. The molecule has 0 N–H and O–H groups in total. The lowest BCUT2D eigenvalue weighted by molar-refractivity contribution is -0.123. The molecule has 1 aromatic heterocycles. The molecule has 6 nitrogen and oxygen atoms in total. The molecule has 1 unspecified atom stereocenters. The first kappa shape index (κ1) is 12.0. The number of fused-ring (bicyclic) bond motifs is 1. The van der Waals surface area contributed by atoms with Crippen molar-refractivity contribution in [3.8, 4) is 0 Å². The van der Waals surface area contributed by atoms with Crippen LogP contribution in [0, 0.1) is 5.92 Å². The summed E-state index contributed by atoms with van der Waals surface area (Å²) in [5.74, 6) is -0.149. The van der Waals surface area contributed by atoms with E-state index >= 15 is 0 Å². The summed E-state index contributed by atoms with van der Waals surface area (Å²) < 4.78 is 6.30. The summed E-state index contributed by atoms with van der Waals surface area (Å²) in [5.41, 5.74) is 0.262. The second kappa shape index (κ2) is 4.89. The molecule has 19 heavy (non-hydrogen) atoms. The van der Waals surface area contributed by atoms with E-state index in [0.717, 1.165) is 4.68 Å². The largest absolute Gasteiger partial charge is 0.381 e. The number of benzene rings is 1. The predicted molar refractivity (Wildman–Crippen MR) is 67.7 cm³/mol. The van der Waals surface area contributed by atoms with Gasteiger partial charge in [-0.2, -0.15) is 0 Å². The highest BCUT2D eigenvalue weighted by Crippen LogP contribution is 2.13. The topological polar surface area (TPSA) is 74.1 Å². The maximum atomic E-state index is 12.2. The molecule has 0 radical (unpaired) electrons. The Morgan fingerprint density at radius 1 is 1.42 bits per heavy atom. The first-order valence-electron chi connectivity index (χ1n) is 6.19. The fourth-order valence-corrected chi connectivity index (χ4v) is 2.19. The third-order valence-electron chi connectivity index (χ3n) is 3.32. The Balaban J connectivity index is 1.91. The normalized spacial score (nSPS) is 18.8. The summed E-state index contributed by atoms with van der Waals surface area (Å²) >= 11 is 0. The van der Waals surface area contributed by atoms with Crippen LogP contribution in [0.4, 0.5) is 0 Å². The molecule has 1 aliphatic heterocycles. The Kier molecular flexibility index (Phi) is 3.08. The van der Waals surface area contributed by atoms with Gasteiger partial charge < -0.3 is 4.74 Å². The van der Waals surface area contributed by atoms with Gasteiger partial charge in [0, 0.05) is 12.5 Å². The van der Waals surface area contributed by atoms with Gasteiger partial charge in [0.25, 0.3) is 5.56 Å². The van der Waals surface area contributed by atoms with E-state index in [9.17, 15) is 9.59 Å². The first-order valence-corrected chi connectivity index (χ1v) is 6.19. The fraction of sp³-hybridized carbons (Fsp3) is 0.385. The Labute approximate surface area is 109 Å². The summed E-state index contributed by atoms with van der Waals surface area (Å²) in [6.45, 7) is 1.01. The zero-order chi connectivity index (χ0) is 13.2. The molecular weight excluding hydrogens is 246 g/mol. The van der Waals surface area contributed by atoms with Crippen LogP contribution in [0.5, 0.6) is 0 Å². The van der Waals surface area contributed by atoms with Crippen LogP contribution >= 0.6 is 0 Å². The van der Waals surface area contributed by atoms with Gasteiger partial charge in [-0.3, -0.25) is 9.59 Å². The molecule has 0 aliphatic carbocycles. The van der Waals surface area contributed by atoms with Crippen LogP contribution in [0.1, 0.15) is 6.42 Å². The molecule has 1 atom stereocenters. The minimum atomic E-state index is -0.280. The van der Waals surface area contributed by atoms with Crippen molar-refractivity contribution in [2.45, 2.75) is 13.0 Å². The van der Waals surface area contributed by atoms with Crippen LogP contribution in [0.2, 0.25) is 0 Å². The number of hydrogen-bond donors (Lipinski definition) is 0. The molecule has 2 heterocycles. The van der Waals surface area contributed by atoms with E-state index in [1.807, 2.05) is 0 Å². The summed E-state index contributed by atoms with van der Waals surface area (Å²) in [5, 5.41) is 8.24. The number of aromatic nitrogens is 3. The lowest BCUT2D eigenvalue weighted by Crippen LogP contribution is -2.30. The molecule has 6 heteroatoms. The number of Topliss-reactive ketones (excluding diaryl/α,β-unsaturated/α-hetero) is 1. The second-order valence-corrected chi connectivity index (χ2v) is 4.60. The van der Waals surface area contributed by atoms with Crippen LogP contribution in [-0.2, 0) is 16.1 Å². The first-order chi connectivity index (χ1) is 9.25. The highest BCUT2D eigenvalue weighted by Gasteiger charge is 2.24. The second-order valence-electron chi connectivity index (χ2n) is 4.60. The lowest BCUT2D eigenvalue weighted by Gasteiger charge is -2.07. The van der Waals surface area contributed by atoms with E-state index in [1.165, 1.54) is 0 Å². The van der Waals surface area contributed by atoms with E-state index in [1.54, 1.807) is 24.3 Å². The molecule has 0 amide bonds. The number of ether oxygens (including phenoxy) is 1. The van der Waals surface area contributed by atoms with Crippen molar-refractivity contribution >= 4 is 16.7 Å². The van der Waals surface area contributed by atoms with Gasteiger partial charge in [-0.1, -0.05) is 17.3 Å². The van der Waals surface area contributed by atoms with Crippen molar-refractivity contribution in [2.75, 3.05) is 13.2 Å². The smallest absolute Gasteiger partial charge is 0.278 e. The number of nitrogens with zero attached hydrogens (tertiary/aromatic N) is 3. The number of carbonyl (C=O) groups is 1. The Morgan fingerprint density at radius 3 is 3.05 bits per heavy atom. The number of hydrogen-bond acceptors (Lipinski definition) is 5. The molecule has 2 aromatic rings. The van der Waals surface area contributed by atoms with Gasteiger partial charge in [0.05, 0.1) is 12.0 Å². The van der Waals surface area contributed by atoms with E-state index < -0.39 is 0 Å². The van der Waals surface area contributed by atoms with Gasteiger partial charge in [0.2, 0.25) is 0 Å². The summed E-state index contributed by atoms with van der Waals surface area (Å²) in [6.07, 6.45) is 0.717. The number of carbonyl (C=O) groups excluding carboxylic acids is 1. The van der Waals surface area contributed by atoms with Gasteiger partial charge in [-0.05, 0) is 18.6 Å². The molecule has 1 aliphatic rings. The van der Waals surface area contributed by atoms with Gasteiger partial charge in [-0.25, -0.2) is 4.68 Å². The van der Waals surface area contributed by atoms with Gasteiger partial charge in [0.15, 0.2) is 5.78 Å². The Hall–Kier alpha value is -2.08. The zero-order valence-electron chi connectivity index (χ0n) is 10.3. The molecule has 0 spiro atoms. The SMILES string of the molecule is O=C(Cn1nnc2ccccc2c1=O)C1CCOC1. The van der Waals surface area contributed by atoms with E-state index in [0.29, 0.717) is 30.5 Å². The maximum absolute atomic E-state index is 12.2. The molecule has 0 bridgehead atoms. The van der Waals surface area contributed by atoms with Crippen LogP contribution in [0.25, 0.3) is 10.9 Å². The maximum Gasteiger partial charge on any atom is 0.278 e. The van der Waals surface area contributed by atoms with Gasteiger partial charge in [0.1, 0.15) is 12.1 Å². The van der Waals surface area contributed by atoms with Crippen molar-refractivity contribution in [1.82, 2.24) is 15.0 Å². The van der Waals surface area contributed by atoms with Crippen LogP contribution in [-0.4, -0.2) is 34.0 Å². The Morgan fingerprint density at radius 2 is 2.26 bits per heavy atom. The molecule has 1 fully saturated rings. The van der Waals surface area contributed by atoms with Crippen LogP contribution in [0.15, 0.2) is 29.1 Å². The number of rotatable bonds is 3. The summed E-state index contributed by atoms with van der Waals surface area (Å²) in [7, 11) is 0. The van der Waals surface area contributed by atoms with Crippen molar-refractivity contribution in [3.63, 3.8) is 0 Å². The van der Waals surface area contributed by atoms with Crippen LogP contribution in [0.3, 0.4) is 0 Å². The molecule has 98 valence electrons. The predicted octanol–water partition coefficient (Wildman–Crippen LogP) is 0.397. The molecular formula is C13H13N3O3. The van der Waals surface area contributed by atoms with Gasteiger partial charge >= 0.3 is 0 Å². The summed E-state index contributed by atoms with van der Waals surface area (Å²) in [4.78, 5) is 24.2. The fourth-order valence-electron chi connectivity index (χ4n) is 2.19. The zero-order valence-corrected chi connectivity index (χ0v) is 10.3. The van der Waals surface area contributed by atoms with E-state index in [4.69, 9.17) is 4.74 Å². The average molecular weight is 259 g/mol. The van der Waals surface area contributed by atoms with Crippen LogP contribution < -0.4 is 5.56 Å². The summed E-state index contributed by atoms with van der Waals surface area (Å²) in [6, 6.07) is 6.97. The standard InChI is InChI=1S/C13H13N3O3/c17-12(9-5-6-19-8-9)7-16-13(18)10-3-1-2-4-11(10)14-15-16/h1-4,9H,5-8H2. The van der Waals surface area contributed by atoms with E-state index in [2.05, 4.69) is 10.3 Å². The third-order valence-corrected chi connectivity index (χ3v) is 3.32. The monoisotopic (exact) mass is 259 g/mol. The molecule has 1 aromatic carbocycles. The minimum absolute atomic E-state index is 0.0239. The minimum Gasteiger partial charge on any atom is -0.381 e. The van der Waals surface area contributed by atoms with Crippen molar-refractivity contribution in [2.24, 2.45) is 5.92 Å². The average Bonchev–Trinajstić information content (AvgIpc) is 2.96. The molecule has 3 rings (SSSR count).